The van der Waals surface area contributed by atoms with E-state index < -0.39 is 5.92 Å². The lowest BCUT2D eigenvalue weighted by molar-refractivity contribution is 0.0169. The van der Waals surface area contributed by atoms with Gasteiger partial charge in [-0.2, -0.15) is 0 Å². The van der Waals surface area contributed by atoms with Crippen molar-refractivity contribution in [3.05, 3.63) is 76.7 Å². The van der Waals surface area contributed by atoms with Crippen LogP contribution in [0.5, 0.6) is 0 Å². The number of alkyl halides is 2. The zero-order valence-corrected chi connectivity index (χ0v) is 19.9. The summed E-state index contributed by atoms with van der Waals surface area (Å²) in [5.41, 5.74) is 4.18. The second-order valence-corrected chi connectivity index (χ2v) is 10.2. The number of amides is 2. The van der Waals surface area contributed by atoms with Gasteiger partial charge < -0.3 is 15.1 Å². The Morgan fingerprint density at radius 2 is 2.15 bits per heavy atom. The number of allylic oxidation sites excluding steroid dienone is 6. The molecule has 2 unspecified atom stereocenters. The molecule has 1 saturated heterocycles. The van der Waals surface area contributed by atoms with Crippen molar-refractivity contribution in [1.82, 2.24) is 20.1 Å². The first-order chi connectivity index (χ1) is 16.2. The Balaban J connectivity index is 1.15. The molecule has 0 bridgehead atoms. The number of halogens is 2. The van der Waals surface area contributed by atoms with Gasteiger partial charge in [0.1, 0.15) is 0 Å². The van der Waals surface area contributed by atoms with E-state index in [1.807, 2.05) is 4.90 Å². The molecule has 3 heterocycles. The highest BCUT2D eigenvalue weighted by atomic mass is 19.3. The van der Waals surface area contributed by atoms with E-state index in [1.165, 1.54) is 23.4 Å². The van der Waals surface area contributed by atoms with E-state index in [9.17, 15) is 13.6 Å². The molecule has 5 nitrogen and oxygen atoms in total. The second-order valence-electron chi connectivity index (χ2n) is 10.2. The Bertz CT molecular complexity index is 1100. The van der Waals surface area contributed by atoms with Gasteiger partial charge in [-0.1, -0.05) is 43.4 Å². The predicted molar refractivity (Wildman–Crippen MR) is 128 cm³/mol. The molecule has 7 heteroatoms. The van der Waals surface area contributed by atoms with Gasteiger partial charge in [0.05, 0.1) is 0 Å². The standard InChI is InChI=1S/C27H32F2N4O/c1-26-9-4-3-5-21(26)13-19(6-10-26)15-30-23-7-11-33(18-23)25(34)32-12-8-24-20(17-32)14-22(16-31-24)27(2,28)29/h3-6,9,13-14,16,23,30H,7-8,10-12,15,17-18H2,1-2H3. The molecule has 1 N–H and O–H groups in total. The molecule has 0 spiro atoms. The van der Waals surface area contributed by atoms with E-state index in [-0.39, 0.29) is 23.1 Å². The number of pyridine rings is 1. The number of likely N-dealkylation sites (tertiary alicyclic amines) is 1. The van der Waals surface area contributed by atoms with Crippen molar-refractivity contribution in [3.8, 4) is 0 Å². The number of rotatable bonds is 4. The summed E-state index contributed by atoms with van der Waals surface area (Å²) in [7, 11) is 0. The van der Waals surface area contributed by atoms with Gasteiger partial charge in [-0.25, -0.2) is 13.6 Å². The summed E-state index contributed by atoms with van der Waals surface area (Å²) in [5, 5.41) is 3.63. The van der Waals surface area contributed by atoms with E-state index >= 15 is 0 Å². The van der Waals surface area contributed by atoms with Crippen LogP contribution in [0.4, 0.5) is 13.6 Å². The quantitative estimate of drug-likeness (QED) is 0.698. The maximum absolute atomic E-state index is 13.7. The van der Waals surface area contributed by atoms with Crippen LogP contribution in [0.2, 0.25) is 0 Å². The summed E-state index contributed by atoms with van der Waals surface area (Å²) < 4.78 is 27.5. The van der Waals surface area contributed by atoms with Crippen molar-refractivity contribution >= 4 is 6.03 Å². The first kappa shape index (κ1) is 23.0. The molecular weight excluding hydrogens is 434 g/mol. The molecule has 2 aliphatic carbocycles. The highest BCUT2D eigenvalue weighted by Crippen LogP contribution is 2.40. The summed E-state index contributed by atoms with van der Waals surface area (Å²) in [4.78, 5) is 21.0. The fourth-order valence-corrected chi connectivity index (χ4v) is 5.23. The van der Waals surface area contributed by atoms with Gasteiger partial charge >= 0.3 is 6.03 Å². The molecule has 1 aromatic heterocycles. The van der Waals surface area contributed by atoms with Crippen LogP contribution in [-0.2, 0) is 18.9 Å². The number of hydrogen-bond acceptors (Lipinski definition) is 3. The van der Waals surface area contributed by atoms with Crippen molar-refractivity contribution in [2.75, 3.05) is 26.2 Å². The average Bonchev–Trinajstić information content (AvgIpc) is 3.30. The Hall–Kier alpha value is -2.80. The van der Waals surface area contributed by atoms with E-state index in [2.05, 4.69) is 53.7 Å². The first-order valence-corrected chi connectivity index (χ1v) is 12.1. The number of carbonyl (C=O) groups excluding carboxylic acids is 1. The summed E-state index contributed by atoms with van der Waals surface area (Å²) in [5.74, 6) is -2.94. The lowest BCUT2D eigenvalue weighted by Crippen LogP contribution is -2.45. The smallest absolute Gasteiger partial charge is 0.320 e. The van der Waals surface area contributed by atoms with Crippen LogP contribution in [-0.4, -0.2) is 53.0 Å². The molecule has 2 aliphatic heterocycles. The van der Waals surface area contributed by atoms with Gasteiger partial charge in [0.2, 0.25) is 0 Å². The van der Waals surface area contributed by atoms with E-state index in [4.69, 9.17) is 0 Å². The number of fused-ring (bicyclic) bond motifs is 2. The molecule has 0 radical (unpaired) electrons. The molecule has 1 aromatic rings. The summed E-state index contributed by atoms with van der Waals surface area (Å²) in [6.45, 7) is 6.21. The summed E-state index contributed by atoms with van der Waals surface area (Å²) in [6.07, 6.45) is 17.0. The lowest BCUT2D eigenvalue weighted by Gasteiger charge is -2.33. The molecule has 0 aromatic carbocycles. The van der Waals surface area contributed by atoms with Crippen LogP contribution in [0.1, 0.15) is 43.5 Å². The van der Waals surface area contributed by atoms with Crippen molar-refractivity contribution in [1.29, 1.82) is 0 Å². The minimum absolute atomic E-state index is 0.0162. The maximum atomic E-state index is 13.7. The number of carbonyl (C=O) groups is 1. The van der Waals surface area contributed by atoms with Gasteiger partial charge in [0, 0.05) is 75.0 Å². The van der Waals surface area contributed by atoms with Crippen LogP contribution in [0.25, 0.3) is 0 Å². The first-order valence-electron chi connectivity index (χ1n) is 12.1. The van der Waals surface area contributed by atoms with Gasteiger partial charge in [-0.15, -0.1) is 0 Å². The average molecular weight is 467 g/mol. The molecule has 2 atom stereocenters. The number of nitrogens with zero attached hydrogens (tertiary/aromatic N) is 3. The number of hydrogen-bond donors (Lipinski definition) is 1. The monoisotopic (exact) mass is 466 g/mol. The van der Waals surface area contributed by atoms with E-state index in [0.29, 0.717) is 32.6 Å². The predicted octanol–water partition coefficient (Wildman–Crippen LogP) is 4.72. The van der Waals surface area contributed by atoms with Gasteiger partial charge in [-0.05, 0) is 35.6 Å². The highest BCUT2D eigenvalue weighted by molar-refractivity contribution is 5.75. The molecule has 180 valence electrons. The van der Waals surface area contributed by atoms with Crippen LogP contribution < -0.4 is 5.32 Å². The molecular formula is C27H32F2N4O. The summed E-state index contributed by atoms with van der Waals surface area (Å²) in [6, 6.07) is 1.74. The fraction of sp³-hybridized carbons (Fsp3) is 0.481. The van der Waals surface area contributed by atoms with Crippen molar-refractivity contribution in [2.24, 2.45) is 5.41 Å². The van der Waals surface area contributed by atoms with Crippen molar-refractivity contribution < 1.29 is 13.6 Å². The molecule has 34 heavy (non-hydrogen) atoms. The third kappa shape index (κ3) is 4.58. The molecule has 0 saturated carbocycles. The van der Waals surface area contributed by atoms with Crippen LogP contribution >= 0.6 is 0 Å². The van der Waals surface area contributed by atoms with Crippen LogP contribution in [0.3, 0.4) is 0 Å². The number of urea groups is 1. The van der Waals surface area contributed by atoms with E-state index in [0.717, 1.165) is 37.6 Å². The molecule has 1 fully saturated rings. The van der Waals surface area contributed by atoms with Crippen LogP contribution in [0.15, 0.2) is 59.9 Å². The second kappa shape index (κ2) is 8.77. The third-order valence-corrected chi connectivity index (χ3v) is 7.51. The Labute approximate surface area is 199 Å². The largest absolute Gasteiger partial charge is 0.323 e. The zero-order valence-electron chi connectivity index (χ0n) is 19.9. The molecule has 5 rings (SSSR count). The maximum Gasteiger partial charge on any atom is 0.320 e. The van der Waals surface area contributed by atoms with Gasteiger partial charge in [0.25, 0.3) is 5.92 Å². The zero-order chi connectivity index (χ0) is 23.9. The highest BCUT2D eigenvalue weighted by Gasteiger charge is 2.33. The number of nitrogens with one attached hydrogen (secondary N) is 1. The van der Waals surface area contributed by atoms with Crippen LogP contribution in [0, 0.1) is 5.41 Å². The lowest BCUT2D eigenvalue weighted by atomic mass is 9.73. The normalized spacial score (nSPS) is 26.2. The SMILES string of the molecule is CC12C=CC=CC1=CC(CNC1CCN(C(=O)N3CCc4ncc(C(C)(F)F)cc4C3)C1)=CC2. The summed E-state index contributed by atoms with van der Waals surface area (Å²) >= 11 is 0. The van der Waals surface area contributed by atoms with Gasteiger partial charge in [-0.3, -0.25) is 4.98 Å². The van der Waals surface area contributed by atoms with Crippen molar-refractivity contribution in [3.63, 3.8) is 0 Å². The Morgan fingerprint density at radius 1 is 1.29 bits per heavy atom. The van der Waals surface area contributed by atoms with Gasteiger partial charge in [0.15, 0.2) is 0 Å². The third-order valence-electron chi connectivity index (χ3n) is 7.51. The fourth-order valence-electron chi connectivity index (χ4n) is 5.23. The topological polar surface area (TPSA) is 48.5 Å². The molecule has 4 aliphatic rings. The Morgan fingerprint density at radius 3 is 2.97 bits per heavy atom. The van der Waals surface area contributed by atoms with E-state index in [1.54, 1.807) is 4.90 Å². The number of aromatic nitrogens is 1. The minimum atomic E-state index is -2.94. The molecule has 2 amide bonds. The van der Waals surface area contributed by atoms with Crippen molar-refractivity contribution in [2.45, 2.75) is 51.6 Å². The minimum Gasteiger partial charge on any atom is -0.323 e. The Kier molecular flexibility index (Phi) is 5.92.